The van der Waals surface area contributed by atoms with E-state index in [1.807, 2.05) is 0 Å². The molecule has 0 atom stereocenters. The molecule has 0 aliphatic heterocycles. The Balaban J connectivity index is 1.67. The van der Waals surface area contributed by atoms with Crippen molar-refractivity contribution < 1.29 is 9.13 Å². The van der Waals surface area contributed by atoms with E-state index in [0.717, 1.165) is 17.1 Å². The predicted octanol–water partition coefficient (Wildman–Crippen LogP) is 2.63. The van der Waals surface area contributed by atoms with Crippen LogP contribution in [0.5, 0.6) is 5.88 Å². The molecule has 0 saturated heterocycles. The molecule has 6 nitrogen and oxygen atoms in total. The highest BCUT2D eigenvalue weighted by Crippen LogP contribution is 2.17. The van der Waals surface area contributed by atoms with Crippen LogP contribution in [-0.4, -0.2) is 27.0 Å². The second kappa shape index (κ2) is 6.21. The van der Waals surface area contributed by atoms with Gasteiger partial charge in [-0.2, -0.15) is 4.98 Å². The Morgan fingerprint density at radius 3 is 2.77 bits per heavy atom. The smallest absolute Gasteiger partial charge is 0.226 e. The highest BCUT2D eigenvalue weighted by atomic mass is 19.1. The van der Waals surface area contributed by atoms with E-state index < -0.39 is 0 Å². The lowest BCUT2D eigenvalue weighted by Crippen LogP contribution is -2.05. The number of benzene rings is 1. The van der Waals surface area contributed by atoms with E-state index in [9.17, 15) is 4.39 Å². The maximum Gasteiger partial charge on any atom is 0.226 e. The van der Waals surface area contributed by atoms with Gasteiger partial charge in [0.1, 0.15) is 11.6 Å². The lowest BCUT2D eigenvalue weighted by Gasteiger charge is -2.04. The Morgan fingerprint density at radius 2 is 2.00 bits per heavy atom. The van der Waals surface area contributed by atoms with Gasteiger partial charge in [0.25, 0.3) is 0 Å². The van der Waals surface area contributed by atoms with Crippen LogP contribution in [0.4, 0.5) is 10.3 Å². The third-order valence-electron chi connectivity index (χ3n) is 3.04. The molecule has 112 valence electrons. The van der Waals surface area contributed by atoms with Crippen LogP contribution in [-0.2, 0) is 6.54 Å². The molecule has 0 radical (unpaired) electrons. The predicted molar refractivity (Wildman–Crippen MR) is 79.9 cm³/mol. The Kier molecular flexibility index (Phi) is 3.95. The first-order valence-electron chi connectivity index (χ1n) is 6.65. The van der Waals surface area contributed by atoms with Crippen molar-refractivity contribution >= 4 is 5.95 Å². The third kappa shape index (κ3) is 3.20. The standard InChI is InChI=1S/C15H14FN5O/c1-22-14-6-7-17-15(21-14)19-9-13-18-8-12(20-13)10-2-4-11(16)5-3-10/h2-8H,9H2,1H3,(H,18,20)(H,17,19,21). The van der Waals surface area contributed by atoms with Crippen LogP contribution < -0.4 is 10.1 Å². The molecule has 0 amide bonds. The van der Waals surface area contributed by atoms with Crippen molar-refractivity contribution in [3.8, 4) is 17.1 Å². The van der Waals surface area contributed by atoms with E-state index in [0.29, 0.717) is 18.4 Å². The lowest BCUT2D eigenvalue weighted by atomic mass is 10.2. The van der Waals surface area contributed by atoms with Crippen molar-refractivity contribution in [2.24, 2.45) is 0 Å². The van der Waals surface area contributed by atoms with Gasteiger partial charge >= 0.3 is 0 Å². The van der Waals surface area contributed by atoms with E-state index in [4.69, 9.17) is 4.74 Å². The van der Waals surface area contributed by atoms with Gasteiger partial charge in [0.2, 0.25) is 11.8 Å². The van der Waals surface area contributed by atoms with Crippen LogP contribution in [0.15, 0.2) is 42.7 Å². The zero-order valence-electron chi connectivity index (χ0n) is 11.9. The van der Waals surface area contributed by atoms with Crippen molar-refractivity contribution in [1.29, 1.82) is 0 Å². The summed E-state index contributed by atoms with van der Waals surface area (Å²) in [5, 5.41) is 3.05. The molecule has 0 aliphatic carbocycles. The first-order valence-corrected chi connectivity index (χ1v) is 6.65. The maximum absolute atomic E-state index is 12.9. The summed E-state index contributed by atoms with van der Waals surface area (Å²) in [6.45, 7) is 0.439. The summed E-state index contributed by atoms with van der Waals surface area (Å²) in [4.78, 5) is 15.7. The summed E-state index contributed by atoms with van der Waals surface area (Å²) < 4.78 is 18.0. The third-order valence-corrected chi connectivity index (χ3v) is 3.04. The largest absolute Gasteiger partial charge is 0.481 e. The van der Waals surface area contributed by atoms with Gasteiger partial charge in [0, 0.05) is 12.3 Å². The van der Waals surface area contributed by atoms with E-state index in [1.54, 1.807) is 37.7 Å². The Bertz CT molecular complexity index is 757. The number of aromatic nitrogens is 4. The molecule has 0 bridgehead atoms. The number of methoxy groups -OCH3 is 1. The molecule has 7 heteroatoms. The second-order valence-corrected chi connectivity index (χ2v) is 4.53. The molecule has 2 heterocycles. The fraction of sp³-hybridized carbons (Fsp3) is 0.133. The summed E-state index contributed by atoms with van der Waals surface area (Å²) in [5.74, 6) is 1.41. The minimum Gasteiger partial charge on any atom is -0.481 e. The Morgan fingerprint density at radius 1 is 1.18 bits per heavy atom. The van der Waals surface area contributed by atoms with E-state index in [2.05, 4.69) is 25.3 Å². The lowest BCUT2D eigenvalue weighted by molar-refractivity contribution is 0.397. The number of hydrogen-bond acceptors (Lipinski definition) is 5. The van der Waals surface area contributed by atoms with Crippen molar-refractivity contribution in [2.75, 3.05) is 12.4 Å². The Labute approximate surface area is 126 Å². The van der Waals surface area contributed by atoms with Crippen molar-refractivity contribution in [3.63, 3.8) is 0 Å². The number of hydrogen-bond donors (Lipinski definition) is 2. The first kappa shape index (κ1) is 14.0. The summed E-state index contributed by atoms with van der Waals surface area (Å²) in [6.07, 6.45) is 3.32. The number of imidazole rings is 1. The van der Waals surface area contributed by atoms with Gasteiger partial charge < -0.3 is 15.0 Å². The molecule has 2 aromatic heterocycles. The molecule has 22 heavy (non-hydrogen) atoms. The zero-order valence-corrected chi connectivity index (χ0v) is 11.9. The van der Waals surface area contributed by atoms with Crippen molar-refractivity contribution in [1.82, 2.24) is 19.9 Å². The summed E-state index contributed by atoms with van der Waals surface area (Å²) in [6, 6.07) is 7.90. The molecule has 0 aliphatic rings. The molecule has 0 fully saturated rings. The van der Waals surface area contributed by atoms with Gasteiger partial charge in [-0.1, -0.05) is 0 Å². The number of H-pyrrole nitrogens is 1. The molecular formula is C15H14FN5O. The summed E-state index contributed by atoms with van der Waals surface area (Å²) in [7, 11) is 1.55. The highest BCUT2D eigenvalue weighted by Gasteiger charge is 2.05. The SMILES string of the molecule is COc1ccnc(NCc2ncc(-c3ccc(F)cc3)[nH]2)n1. The Hall–Kier alpha value is -2.96. The van der Waals surface area contributed by atoms with Gasteiger partial charge in [0.05, 0.1) is 25.5 Å². The topological polar surface area (TPSA) is 75.7 Å². The van der Waals surface area contributed by atoms with Crippen molar-refractivity contribution in [2.45, 2.75) is 6.54 Å². The number of ether oxygens (including phenoxy) is 1. The monoisotopic (exact) mass is 299 g/mol. The first-order chi connectivity index (χ1) is 10.7. The molecule has 1 aromatic carbocycles. The molecule has 2 N–H and O–H groups in total. The van der Waals surface area contributed by atoms with E-state index >= 15 is 0 Å². The fourth-order valence-corrected chi connectivity index (χ4v) is 1.93. The maximum atomic E-state index is 12.9. The van der Waals surface area contributed by atoms with Crippen LogP contribution in [0.1, 0.15) is 5.82 Å². The van der Waals surface area contributed by atoms with Crippen LogP contribution >= 0.6 is 0 Å². The summed E-state index contributed by atoms with van der Waals surface area (Å²) in [5.41, 5.74) is 1.70. The summed E-state index contributed by atoms with van der Waals surface area (Å²) >= 11 is 0. The van der Waals surface area contributed by atoms with Crippen LogP contribution in [0.3, 0.4) is 0 Å². The molecule has 0 spiro atoms. The highest BCUT2D eigenvalue weighted by molar-refractivity contribution is 5.58. The molecule has 0 unspecified atom stereocenters. The van der Waals surface area contributed by atoms with Gasteiger partial charge in [-0.25, -0.2) is 14.4 Å². The van der Waals surface area contributed by atoms with E-state index in [1.165, 1.54) is 12.1 Å². The molecule has 0 saturated carbocycles. The van der Waals surface area contributed by atoms with Gasteiger partial charge in [-0.3, -0.25) is 0 Å². The van der Waals surface area contributed by atoms with E-state index in [-0.39, 0.29) is 5.82 Å². The number of aromatic amines is 1. The van der Waals surface area contributed by atoms with Crippen LogP contribution in [0.25, 0.3) is 11.3 Å². The van der Waals surface area contributed by atoms with Gasteiger partial charge in [-0.15, -0.1) is 0 Å². The second-order valence-electron chi connectivity index (χ2n) is 4.53. The zero-order chi connectivity index (χ0) is 15.4. The quantitative estimate of drug-likeness (QED) is 0.757. The van der Waals surface area contributed by atoms with Crippen LogP contribution in [0, 0.1) is 5.82 Å². The number of nitrogens with one attached hydrogen (secondary N) is 2. The number of halogens is 1. The minimum absolute atomic E-state index is 0.264. The van der Waals surface area contributed by atoms with Gasteiger partial charge in [-0.05, 0) is 29.8 Å². The number of rotatable bonds is 5. The minimum atomic E-state index is -0.264. The number of nitrogens with zero attached hydrogens (tertiary/aromatic N) is 3. The average Bonchev–Trinajstić information content (AvgIpc) is 3.03. The molecule has 3 rings (SSSR count). The average molecular weight is 299 g/mol. The van der Waals surface area contributed by atoms with Crippen molar-refractivity contribution in [3.05, 3.63) is 54.4 Å². The number of anilines is 1. The van der Waals surface area contributed by atoms with Gasteiger partial charge in [0.15, 0.2) is 0 Å². The molecular weight excluding hydrogens is 285 g/mol. The fourth-order valence-electron chi connectivity index (χ4n) is 1.93. The normalized spacial score (nSPS) is 10.5. The van der Waals surface area contributed by atoms with Crippen LogP contribution in [0.2, 0.25) is 0 Å². The molecule has 3 aromatic rings.